The summed E-state index contributed by atoms with van der Waals surface area (Å²) in [6.45, 7) is 0. The third-order valence-corrected chi connectivity index (χ3v) is 11.0. The SMILES string of the molecule is Nc1ccc(Sc2ccc(C(=O)Nc3cccc(S(=O)(=O)c4cccc(NC(=O)c5ccc(Sc6ccc(N)cc6)cc5)c4)c3)cc2)cc1. The van der Waals surface area contributed by atoms with Crippen LogP contribution in [0.3, 0.4) is 0 Å². The molecule has 6 aromatic rings. The van der Waals surface area contributed by atoms with Gasteiger partial charge in [-0.2, -0.15) is 0 Å². The third kappa shape index (κ3) is 8.52. The molecule has 0 heterocycles. The third-order valence-electron chi connectivity index (χ3n) is 7.27. The van der Waals surface area contributed by atoms with Crippen LogP contribution >= 0.6 is 23.5 Å². The Kier molecular flexibility index (Phi) is 10.0. The molecule has 0 aliphatic rings. The molecule has 0 saturated carbocycles. The first-order chi connectivity index (χ1) is 23.6. The fourth-order valence-corrected chi connectivity index (χ4v) is 7.70. The molecule has 49 heavy (non-hydrogen) atoms. The van der Waals surface area contributed by atoms with Crippen molar-refractivity contribution in [3.8, 4) is 0 Å². The van der Waals surface area contributed by atoms with Gasteiger partial charge in [0.25, 0.3) is 11.8 Å². The van der Waals surface area contributed by atoms with E-state index >= 15 is 0 Å². The molecule has 8 nitrogen and oxygen atoms in total. The Morgan fingerprint density at radius 1 is 0.469 bits per heavy atom. The molecule has 6 rings (SSSR count). The van der Waals surface area contributed by atoms with Gasteiger partial charge in [-0.05, 0) is 133 Å². The molecular formula is C38H30N4O4S3. The molecule has 2 amide bonds. The number of anilines is 4. The number of rotatable bonds is 10. The average Bonchev–Trinajstić information content (AvgIpc) is 3.11. The quantitative estimate of drug-likeness (QED) is 0.104. The second-order valence-corrected chi connectivity index (χ2v) is 15.1. The van der Waals surface area contributed by atoms with Crippen LogP contribution in [0.2, 0.25) is 0 Å². The van der Waals surface area contributed by atoms with Crippen molar-refractivity contribution in [3.63, 3.8) is 0 Å². The lowest BCUT2D eigenvalue weighted by Crippen LogP contribution is -2.13. The van der Waals surface area contributed by atoms with E-state index < -0.39 is 9.84 Å². The maximum Gasteiger partial charge on any atom is 0.255 e. The van der Waals surface area contributed by atoms with Gasteiger partial charge >= 0.3 is 0 Å². The van der Waals surface area contributed by atoms with Crippen LogP contribution in [0.15, 0.2) is 175 Å². The Hall–Kier alpha value is -5.49. The lowest BCUT2D eigenvalue weighted by Gasteiger charge is -2.11. The van der Waals surface area contributed by atoms with Gasteiger partial charge in [0.15, 0.2) is 0 Å². The molecule has 0 fully saturated rings. The highest BCUT2D eigenvalue weighted by Crippen LogP contribution is 2.30. The Bertz CT molecular complexity index is 2070. The van der Waals surface area contributed by atoms with E-state index in [-0.39, 0.29) is 21.6 Å². The molecule has 0 aromatic heterocycles. The maximum atomic E-state index is 13.6. The minimum absolute atomic E-state index is 0.00165. The number of hydrogen-bond donors (Lipinski definition) is 4. The summed E-state index contributed by atoms with van der Waals surface area (Å²) < 4.78 is 27.2. The van der Waals surface area contributed by atoms with Crippen molar-refractivity contribution in [1.29, 1.82) is 0 Å². The maximum absolute atomic E-state index is 13.6. The first-order valence-electron chi connectivity index (χ1n) is 15.0. The number of carbonyl (C=O) groups excluding carboxylic acids is 2. The van der Waals surface area contributed by atoms with Gasteiger partial charge in [-0.3, -0.25) is 9.59 Å². The molecule has 0 aliphatic carbocycles. The molecule has 244 valence electrons. The van der Waals surface area contributed by atoms with Gasteiger partial charge < -0.3 is 22.1 Å². The molecular weight excluding hydrogens is 673 g/mol. The van der Waals surface area contributed by atoms with Gasteiger partial charge in [0.05, 0.1) is 9.79 Å². The summed E-state index contributed by atoms with van der Waals surface area (Å²) in [6, 6.07) is 41.4. The number of nitrogen functional groups attached to an aromatic ring is 2. The summed E-state index contributed by atoms with van der Waals surface area (Å²) in [5.74, 6) is -0.750. The molecule has 0 unspecified atom stereocenters. The molecule has 0 saturated heterocycles. The van der Waals surface area contributed by atoms with Crippen molar-refractivity contribution in [1.82, 2.24) is 0 Å². The zero-order valence-electron chi connectivity index (χ0n) is 25.9. The van der Waals surface area contributed by atoms with Crippen LogP contribution in [-0.4, -0.2) is 20.2 Å². The van der Waals surface area contributed by atoms with Crippen LogP contribution in [0, 0.1) is 0 Å². The van der Waals surface area contributed by atoms with E-state index in [1.54, 1.807) is 72.1 Å². The van der Waals surface area contributed by atoms with E-state index in [0.29, 0.717) is 33.9 Å². The molecule has 6 N–H and O–H groups in total. The molecule has 6 aromatic carbocycles. The molecule has 0 bridgehead atoms. The Morgan fingerprint density at radius 2 is 0.796 bits per heavy atom. The van der Waals surface area contributed by atoms with Crippen LogP contribution < -0.4 is 22.1 Å². The van der Waals surface area contributed by atoms with Crippen molar-refractivity contribution in [2.75, 3.05) is 22.1 Å². The summed E-state index contributed by atoms with van der Waals surface area (Å²) in [4.78, 5) is 30.0. The number of nitrogens with two attached hydrogens (primary N) is 2. The first-order valence-corrected chi connectivity index (χ1v) is 18.1. The monoisotopic (exact) mass is 702 g/mol. The van der Waals surface area contributed by atoms with Crippen molar-refractivity contribution in [3.05, 3.63) is 157 Å². The van der Waals surface area contributed by atoms with Gasteiger partial charge in [0, 0.05) is 53.5 Å². The minimum Gasteiger partial charge on any atom is -0.399 e. The predicted molar refractivity (Wildman–Crippen MR) is 197 cm³/mol. The summed E-state index contributed by atoms with van der Waals surface area (Å²) in [6.07, 6.45) is 0. The van der Waals surface area contributed by atoms with E-state index in [1.807, 2.05) is 72.8 Å². The molecule has 0 aliphatic heterocycles. The van der Waals surface area contributed by atoms with Crippen LogP contribution in [0.25, 0.3) is 0 Å². The number of nitrogens with one attached hydrogen (secondary N) is 2. The van der Waals surface area contributed by atoms with Crippen LogP contribution in [0.4, 0.5) is 22.7 Å². The van der Waals surface area contributed by atoms with Gasteiger partial charge in [-0.1, -0.05) is 35.7 Å². The van der Waals surface area contributed by atoms with Gasteiger partial charge in [-0.25, -0.2) is 8.42 Å². The smallest absolute Gasteiger partial charge is 0.255 e. The zero-order chi connectivity index (χ0) is 34.4. The number of sulfone groups is 1. The Morgan fingerprint density at radius 3 is 1.14 bits per heavy atom. The van der Waals surface area contributed by atoms with Crippen LogP contribution in [-0.2, 0) is 9.84 Å². The second kappa shape index (κ2) is 14.7. The first kappa shape index (κ1) is 33.4. The van der Waals surface area contributed by atoms with Crippen LogP contribution in [0.1, 0.15) is 20.7 Å². The Balaban J connectivity index is 1.10. The topological polar surface area (TPSA) is 144 Å². The van der Waals surface area contributed by atoms with Crippen molar-refractivity contribution in [2.24, 2.45) is 0 Å². The van der Waals surface area contributed by atoms with E-state index in [1.165, 1.54) is 24.3 Å². The zero-order valence-corrected chi connectivity index (χ0v) is 28.3. The summed E-state index contributed by atoms with van der Waals surface area (Å²) >= 11 is 3.09. The number of hydrogen-bond acceptors (Lipinski definition) is 8. The molecule has 0 atom stereocenters. The van der Waals surface area contributed by atoms with Gasteiger partial charge in [0.2, 0.25) is 9.84 Å². The number of carbonyl (C=O) groups is 2. The van der Waals surface area contributed by atoms with Gasteiger partial charge in [0.1, 0.15) is 0 Å². The van der Waals surface area contributed by atoms with E-state index in [0.717, 1.165) is 19.6 Å². The molecule has 11 heteroatoms. The second-order valence-electron chi connectivity index (χ2n) is 10.9. The summed E-state index contributed by atoms with van der Waals surface area (Å²) in [5, 5.41) is 5.57. The highest BCUT2D eigenvalue weighted by molar-refractivity contribution is 7.99. The van der Waals surface area contributed by atoms with Gasteiger partial charge in [-0.15, -0.1) is 0 Å². The number of amides is 2. The normalized spacial score (nSPS) is 11.1. The predicted octanol–water partition coefficient (Wildman–Crippen LogP) is 8.49. The standard InChI is InChI=1S/C38H30N4O4S3/c39-27-11-19-33(20-12-27)47-31-15-7-25(8-16-31)37(43)41-29-3-1-5-35(23-29)49(45,46)36-6-2-4-30(24-36)42-38(44)26-9-17-32(18-10-26)48-34-21-13-28(40)14-22-34/h1-24H,39-40H2,(H,41,43)(H,42,44). The van der Waals surface area contributed by atoms with Crippen molar-refractivity contribution < 1.29 is 18.0 Å². The molecule has 0 radical (unpaired) electrons. The van der Waals surface area contributed by atoms with E-state index in [4.69, 9.17) is 11.5 Å². The average molecular weight is 703 g/mol. The van der Waals surface area contributed by atoms with Crippen molar-refractivity contribution in [2.45, 2.75) is 29.4 Å². The highest BCUT2D eigenvalue weighted by Gasteiger charge is 2.20. The lowest BCUT2D eigenvalue weighted by molar-refractivity contribution is 0.101. The summed E-state index contributed by atoms with van der Waals surface area (Å²) in [5.41, 5.74) is 14.4. The lowest BCUT2D eigenvalue weighted by atomic mass is 10.2. The van der Waals surface area contributed by atoms with E-state index in [2.05, 4.69) is 10.6 Å². The van der Waals surface area contributed by atoms with Crippen LogP contribution in [0.5, 0.6) is 0 Å². The fourth-order valence-electron chi connectivity index (χ4n) is 4.72. The highest BCUT2D eigenvalue weighted by atomic mass is 32.2. The molecule has 0 spiro atoms. The largest absolute Gasteiger partial charge is 0.399 e. The minimum atomic E-state index is -3.98. The summed E-state index contributed by atoms with van der Waals surface area (Å²) in [7, 11) is -3.98. The van der Waals surface area contributed by atoms with Crippen molar-refractivity contribution >= 4 is 67.9 Å². The van der Waals surface area contributed by atoms with E-state index in [9.17, 15) is 18.0 Å². The fraction of sp³-hybridized carbons (Fsp3) is 0. The number of benzene rings is 6. The Labute approximate surface area is 292 Å².